The molecule has 1 fully saturated rings. The summed E-state index contributed by atoms with van der Waals surface area (Å²) in [7, 11) is 0. The molecule has 14 nitrogen and oxygen atoms in total. The van der Waals surface area contributed by atoms with E-state index in [1.165, 1.54) is 13.8 Å². The number of rotatable bonds is 5. The van der Waals surface area contributed by atoms with E-state index in [2.05, 4.69) is 9.98 Å². The molecule has 0 spiro atoms. The number of carbonyl (C=O) groups is 4. The lowest BCUT2D eigenvalue weighted by atomic mass is 9.89. The molecule has 1 amide bonds. The van der Waals surface area contributed by atoms with Crippen molar-refractivity contribution >= 4 is 47.8 Å². The van der Waals surface area contributed by atoms with Crippen LogP contribution in [0.25, 0.3) is 0 Å². The smallest absolute Gasteiger partial charge is 0.326 e. The average molecular weight is 491 g/mol. The summed E-state index contributed by atoms with van der Waals surface area (Å²) in [6.45, 7) is 4.22. The molecule has 0 aromatic carbocycles. The van der Waals surface area contributed by atoms with Crippen LogP contribution < -0.4 is 0 Å². The summed E-state index contributed by atoms with van der Waals surface area (Å²) < 4.78 is 16.3. The minimum absolute atomic E-state index is 0.586. The zero-order chi connectivity index (χ0) is 24.9. The number of aliphatic imine (C=N–C) groups is 2. The van der Waals surface area contributed by atoms with E-state index in [1.54, 1.807) is 0 Å². The van der Waals surface area contributed by atoms with Crippen LogP contribution in [0, 0.1) is 5.92 Å². The van der Waals surface area contributed by atoms with E-state index < -0.39 is 78.1 Å². The van der Waals surface area contributed by atoms with Gasteiger partial charge in [-0.1, -0.05) is 13.8 Å². The van der Waals surface area contributed by atoms with Crippen LogP contribution in [0.4, 0.5) is 0 Å². The Labute approximate surface area is 192 Å². The Morgan fingerprint density at radius 3 is 2.39 bits per heavy atom. The van der Waals surface area contributed by atoms with Crippen LogP contribution in [0.2, 0.25) is 0 Å². The van der Waals surface area contributed by atoms with Crippen LogP contribution in [0.15, 0.2) is 9.98 Å². The minimum atomic E-state index is -2.47. The van der Waals surface area contributed by atoms with Gasteiger partial charge in [-0.3, -0.25) is 24.1 Å². The van der Waals surface area contributed by atoms with E-state index in [-0.39, 0.29) is 0 Å². The van der Waals surface area contributed by atoms with Crippen LogP contribution in [0.3, 0.4) is 0 Å². The summed E-state index contributed by atoms with van der Waals surface area (Å²) in [4.78, 5) is 58.0. The molecule has 3 aliphatic rings. The lowest BCUT2D eigenvalue weighted by Crippen LogP contribution is -2.72. The second-order valence-electron chi connectivity index (χ2n) is 7.91. The Morgan fingerprint density at radius 1 is 1.27 bits per heavy atom. The van der Waals surface area contributed by atoms with Gasteiger partial charge in [0.15, 0.2) is 11.9 Å². The SMILES string of the molecule is CC(=O)OC1=NC(=O)C2(OC(C)=O)N=CN([C@]3(C(=O)C(C)C)O[C@H](CO)[C@@H](O)[C@H]3O)C2N1Cl. The molecule has 15 heteroatoms. The number of Topliss-reactive ketones (excluding diaryl/α,β-unsaturated/α-hetero) is 1. The van der Waals surface area contributed by atoms with Gasteiger partial charge in [-0.25, -0.2) is 9.41 Å². The first-order chi connectivity index (χ1) is 15.3. The third kappa shape index (κ3) is 3.67. The lowest BCUT2D eigenvalue weighted by molar-refractivity contribution is -0.208. The summed E-state index contributed by atoms with van der Waals surface area (Å²) in [5.74, 6) is -4.63. The Bertz CT molecular complexity index is 941. The van der Waals surface area contributed by atoms with Crippen LogP contribution in [0.5, 0.6) is 0 Å². The van der Waals surface area contributed by atoms with Gasteiger partial charge in [-0.15, -0.1) is 0 Å². The fourth-order valence-electron chi connectivity index (χ4n) is 3.93. The second-order valence-corrected chi connectivity index (χ2v) is 8.27. The molecule has 33 heavy (non-hydrogen) atoms. The summed E-state index contributed by atoms with van der Waals surface area (Å²) in [5, 5.41) is 30.9. The van der Waals surface area contributed by atoms with E-state index in [9.17, 15) is 34.5 Å². The Kier molecular flexibility index (Phi) is 6.52. The van der Waals surface area contributed by atoms with Gasteiger partial charge in [0.1, 0.15) is 18.3 Å². The van der Waals surface area contributed by atoms with E-state index in [0.29, 0.717) is 4.42 Å². The maximum Gasteiger partial charge on any atom is 0.326 e. The minimum Gasteiger partial charge on any atom is -0.423 e. The third-order valence-corrected chi connectivity index (χ3v) is 5.63. The van der Waals surface area contributed by atoms with Crippen LogP contribution in [-0.4, -0.2) is 103 Å². The maximum absolute atomic E-state index is 13.4. The Hall–Kier alpha value is -2.65. The number of aliphatic hydroxyl groups excluding tert-OH is 3. The van der Waals surface area contributed by atoms with E-state index in [0.717, 1.165) is 25.1 Å². The molecule has 3 N–H and O–H groups in total. The summed E-state index contributed by atoms with van der Waals surface area (Å²) in [6, 6.07) is -0.712. The van der Waals surface area contributed by atoms with Crippen LogP contribution in [-0.2, 0) is 33.4 Å². The van der Waals surface area contributed by atoms with Crippen molar-refractivity contribution in [3.05, 3.63) is 0 Å². The zero-order valence-corrected chi connectivity index (χ0v) is 18.8. The van der Waals surface area contributed by atoms with Crippen molar-refractivity contribution in [2.75, 3.05) is 6.61 Å². The Balaban J connectivity index is 2.21. The van der Waals surface area contributed by atoms with Gasteiger partial charge in [0.25, 0.3) is 0 Å². The van der Waals surface area contributed by atoms with Gasteiger partial charge in [0.05, 0.1) is 12.9 Å². The largest absolute Gasteiger partial charge is 0.423 e. The quantitative estimate of drug-likeness (QED) is 0.281. The molecular weight excluding hydrogens is 468 g/mol. The van der Waals surface area contributed by atoms with E-state index in [1.807, 2.05) is 0 Å². The van der Waals surface area contributed by atoms with Crippen LogP contribution >= 0.6 is 11.8 Å². The number of fused-ring (bicyclic) bond motifs is 1. The monoisotopic (exact) mass is 490 g/mol. The molecule has 0 bridgehead atoms. The van der Waals surface area contributed by atoms with Gasteiger partial charge in [-0.2, -0.15) is 4.99 Å². The number of amidine groups is 1. The summed E-state index contributed by atoms with van der Waals surface area (Å²) >= 11 is 6.34. The van der Waals surface area contributed by atoms with Crippen molar-refractivity contribution in [2.45, 2.75) is 63.6 Å². The standard InChI is InChI=1S/C18H23ClN4O10/c1-7(2)12(28)18(13(29)11(27)10(5-24)33-18)22-6-20-17(32-9(4)26)14(30)21-16(31-8(3)25)23(19)15(17)22/h6-7,10-11,13,15,24,27,29H,5H2,1-4H3/t10-,11-,13-,15?,17?,18-/m1/s1. The van der Waals surface area contributed by atoms with Crippen molar-refractivity contribution < 1.29 is 48.7 Å². The number of halogens is 1. The number of nitrogens with zero attached hydrogens (tertiary/aromatic N) is 4. The van der Waals surface area contributed by atoms with Gasteiger partial charge in [0.2, 0.25) is 5.72 Å². The number of hydrogen-bond donors (Lipinski definition) is 3. The number of esters is 2. The third-order valence-electron chi connectivity index (χ3n) is 5.30. The molecule has 182 valence electrons. The predicted molar refractivity (Wildman–Crippen MR) is 107 cm³/mol. The Morgan fingerprint density at radius 2 is 1.91 bits per heavy atom. The van der Waals surface area contributed by atoms with Gasteiger partial charge < -0.3 is 29.5 Å². The maximum atomic E-state index is 13.4. The molecule has 0 saturated carbocycles. The van der Waals surface area contributed by atoms with Crippen molar-refractivity contribution in [2.24, 2.45) is 15.9 Å². The number of amides is 1. The zero-order valence-electron chi connectivity index (χ0n) is 18.0. The molecule has 0 aromatic heterocycles. The molecular formula is C18H23ClN4O10. The molecule has 2 unspecified atom stereocenters. The van der Waals surface area contributed by atoms with E-state index in [4.69, 9.17) is 26.0 Å². The fourth-order valence-corrected chi connectivity index (χ4v) is 4.23. The van der Waals surface area contributed by atoms with Crippen molar-refractivity contribution in [3.8, 4) is 0 Å². The van der Waals surface area contributed by atoms with Gasteiger partial charge in [-0.05, 0) is 0 Å². The predicted octanol–water partition coefficient (Wildman–Crippen LogP) is -2.13. The molecule has 1 saturated heterocycles. The highest BCUT2D eigenvalue weighted by Gasteiger charge is 2.71. The topological polar surface area (TPSA) is 188 Å². The molecule has 0 aliphatic carbocycles. The normalized spacial score (nSPS) is 35.5. The molecule has 0 radical (unpaired) electrons. The summed E-state index contributed by atoms with van der Waals surface area (Å²) in [6.07, 6.45) is -5.95. The van der Waals surface area contributed by atoms with E-state index >= 15 is 0 Å². The van der Waals surface area contributed by atoms with Gasteiger partial charge in [0, 0.05) is 31.5 Å². The fraction of sp³-hybridized carbons (Fsp3) is 0.667. The van der Waals surface area contributed by atoms with Crippen molar-refractivity contribution in [1.29, 1.82) is 0 Å². The first-order valence-corrected chi connectivity index (χ1v) is 10.2. The number of ketones is 1. The molecule has 3 aliphatic heterocycles. The average Bonchev–Trinajstić information content (AvgIpc) is 3.22. The molecule has 3 rings (SSSR count). The second kappa shape index (κ2) is 8.61. The lowest BCUT2D eigenvalue weighted by Gasteiger charge is -2.47. The summed E-state index contributed by atoms with van der Waals surface area (Å²) in [5.41, 5.74) is -4.89. The molecule has 0 aromatic rings. The van der Waals surface area contributed by atoms with Crippen molar-refractivity contribution in [1.82, 2.24) is 9.32 Å². The van der Waals surface area contributed by atoms with Crippen molar-refractivity contribution in [3.63, 3.8) is 0 Å². The highest BCUT2D eigenvalue weighted by molar-refractivity contribution is 6.24. The number of aliphatic hydroxyl groups is 3. The van der Waals surface area contributed by atoms with Gasteiger partial charge >= 0.3 is 29.6 Å². The highest BCUT2D eigenvalue weighted by Crippen LogP contribution is 2.45. The molecule has 6 atom stereocenters. The highest BCUT2D eigenvalue weighted by atomic mass is 35.5. The number of ether oxygens (including phenoxy) is 3. The first kappa shape index (κ1) is 25.0. The first-order valence-electron chi connectivity index (χ1n) is 9.82. The van der Waals surface area contributed by atoms with Crippen LogP contribution in [0.1, 0.15) is 27.7 Å². The molecule has 3 heterocycles. The number of hydrogen-bond acceptors (Lipinski definition) is 13. The number of carbonyl (C=O) groups excluding carboxylic acids is 4.